The van der Waals surface area contributed by atoms with Gasteiger partial charge in [0.15, 0.2) is 6.10 Å². The number of anilines is 2. The maximum absolute atomic E-state index is 13.2. The van der Waals surface area contributed by atoms with Gasteiger partial charge in [-0.2, -0.15) is 0 Å². The summed E-state index contributed by atoms with van der Waals surface area (Å²) in [6, 6.07) is 14.2. The molecule has 0 saturated carbocycles. The molecule has 4 rings (SSSR count). The largest absolute Gasteiger partial charge is 0.273 e. The molecule has 0 radical (unpaired) electrons. The van der Waals surface area contributed by atoms with Gasteiger partial charge in [0.2, 0.25) is 5.91 Å². The minimum atomic E-state index is -0.874. The van der Waals surface area contributed by atoms with Gasteiger partial charge in [0.05, 0.1) is 33.4 Å². The van der Waals surface area contributed by atoms with Crippen LogP contribution in [0.25, 0.3) is 0 Å². The van der Waals surface area contributed by atoms with Gasteiger partial charge in [-0.05, 0) is 30.7 Å². The molecule has 2 heterocycles. The third-order valence-electron chi connectivity index (χ3n) is 4.99. The van der Waals surface area contributed by atoms with E-state index in [1.807, 2.05) is 37.3 Å². The Morgan fingerprint density at radius 3 is 2.26 bits per heavy atom. The second kappa shape index (κ2) is 7.15. The standard InChI is InChI=1S/C20H18Cl2N2O3/c1-2-7-15-16-18(27-24(15)12-8-4-3-5-9-12)20(26)23(19(16)25)17-13(21)10-6-11-14(17)22/h3-6,8-11,15-16,18H,2,7H2,1H3/t15-,16-,18+/m1/s1. The number of amides is 2. The van der Waals surface area contributed by atoms with Gasteiger partial charge in [0, 0.05) is 0 Å². The van der Waals surface area contributed by atoms with Crippen LogP contribution in [-0.4, -0.2) is 24.0 Å². The Hall–Kier alpha value is -2.08. The number of hydrogen-bond acceptors (Lipinski definition) is 4. The van der Waals surface area contributed by atoms with Crippen molar-refractivity contribution in [3.63, 3.8) is 0 Å². The lowest BCUT2D eigenvalue weighted by Crippen LogP contribution is -2.40. The van der Waals surface area contributed by atoms with E-state index < -0.39 is 17.9 Å². The second-order valence-electron chi connectivity index (χ2n) is 6.65. The third-order valence-corrected chi connectivity index (χ3v) is 5.60. The zero-order valence-electron chi connectivity index (χ0n) is 14.6. The summed E-state index contributed by atoms with van der Waals surface area (Å²) in [5.41, 5.74) is 1.06. The number of halogens is 2. The van der Waals surface area contributed by atoms with Crippen molar-refractivity contribution in [2.45, 2.75) is 31.9 Å². The van der Waals surface area contributed by atoms with Crippen LogP contribution in [0.2, 0.25) is 10.0 Å². The average molecular weight is 405 g/mol. The van der Waals surface area contributed by atoms with E-state index >= 15 is 0 Å². The molecule has 0 aromatic heterocycles. The molecule has 2 fully saturated rings. The summed E-state index contributed by atoms with van der Waals surface area (Å²) in [7, 11) is 0. The van der Waals surface area contributed by atoms with E-state index in [-0.39, 0.29) is 27.7 Å². The first kappa shape index (κ1) is 18.3. The van der Waals surface area contributed by atoms with Crippen LogP contribution in [0.4, 0.5) is 11.4 Å². The first-order valence-electron chi connectivity index (χ1n) is 8.87. The zero-order chi connectivity index (χ0) is 19.1. The van der Waals surface area contributed by atoms with Gasteiger partial charge >= 0.3 is 0 Å². The Bertz CT molecular complexity index is 870. The minimum Gasteiger partial charge on any atom is -0.273 e. The summed E-state index contributed by atoms with van der Waals surface area (Å²) in [6.45, 7) is 2.04. The number of nitrogens with zero attached hydrogens (tertiary/aromatic N) is 2. The zero-order valence-corrected chi connectivity index (χ0v) is 16.2. The predicted molar refractivity (Wildman–Crippen MR) is 105 cm³/mol. The van der Waals surface area contributed by atoms with Crippen molar-refractivity contribution >= 4 is 46.4 Å². The Morgan fingerprint density at radius 2 is 1.63 bits per heavy atom. The van der Waals surface area contributed by atoms with E-state index in [0.717, 1.165) is 23.4 Å². The van der Waals surface area contributed by atoms with Gasteiger partial charge in [-0.3, -0.25) is 14.4 Å². The molecule has 0 aliphatic carbocycles. The third kappa shape index (κ3) is 2.90. The van der Waals surface area contributed by atoms with Crippen LogP contribution in [0, 0.1) is 5.92 Å². The molecule has 7 heteroatoms. The number of benzene rings is 2. The van der Waals surface area contributed by atoms with E-state index in [4.69, 9.17) is 28.0 Å². The first-order chi connectivity index (χ1) is 13.0. The molecule has 2 amide bonds. The number of carbonyl (C=O) groups excluding carboxylic acids is 2. The summed E-state index contributed by atoms with van der Waals surface area (Å²) in [5.74, 6) is -1.35. The molecule has 2 aliphatic rings. The summed E-state index contributed by atoms with van der Waals surface area (Å²) in [6.07, 6.45) is 0.704. The Kier molecular flexibility index (Phi) is 4.84. The van der Waals surface area contributed by atoms with E-state index in [1.165, 1.54) is 0 Å². The van der Waals surface area contributed by atoms with Gasteiger partial charge in [0.1, 0.15) is 0 Å². The molecule has 3 atom stereocenters. The molecular weight excluding hydrogens is 387 g/mol. The van der Waals surface area contributed by atoms with Crippen LogP contribution in [-0.2, 0) is 14.4 Å². The molecule has 0 N–H and O–H groups in total. The van der Waals surface area contributed by atoms with E-state index in [9.17, 15) is 9.59 Å². The molecule has 0 unspecified atom stereocenters. The van der Waals surface area contributed by atoms with Gasteiger partial charge in [-0.1, -0.05) is 60.8 Å². The lowest BCUT2D eigenvalue weighted by atomic mass is 9.93. The van der Waals surface area contributed by atoms with Crippen molar-refractivity contribution in [1.82, 2.24) is 0 Å². The summed E-state index contributed by atoms with van der Waals surface area (Å²) in [4.78, 5) is 33.4. The van der Waals surface area contributed by atoms with E-state index in [1.54, 1.807) is 23.3 Å². The van der Waals surface area contributed by atoms with E-state index in [0.29, 0.717) is 0 Å². The van der Waals surface area contributed by atoms with Crippen molar-refractivity contribution in [3.05, 3.63) is 58.6 Å². The number of rotatable bonds is 4. The molecule has 2 saturated heterocycles. The van der Waals surface area contributed by atoms with Gasteiger partial charge in [-0.25, -0.2) is 9.96 Å². The quantitative estimate of drug-likeness (QED) is 0.705. The highest BCUT2D eigenvalue weighted by molar-refractivity contribution is 6.42. The van der Waals surface area contributed by atoms with Crippen LogP contribution in [0.15, 0.2) is 48.5 Å². The number of fused-ring (bicyclic) bond motifs is 1. The number of imide groups is 1. The van der Waals surface area contributed by atoms with Gasteiger partial charge < -0.3 is 0 Å². The van der Waals surface area contributed by atoms with Crippen molar-refractivity contribution in [1.29, 1.82) is 0 Å². The number of para-hydroxylation sites is 2. The smallest absolute Gasteiger partial charge is 0.266 e. The normalized spacial score (nSPS) is 24.6. The predicted octanol–water partition coefficient (Wildman–Crippen LogP) is 4.47. The maximum Gasteiger partial charge on any atom is 0.266 e. The molecule has 2 aromatic rings. The molecule has 140 valence electrons. The average Bonchev–Trinajstić information content (AvgIpc) is 3.14. The molecule has 27 heavy (non-hydrogen) atoms. The minimum absolute atomic E-state index is 0.231. The SMILES string of the molecule is CCC[C@@H]1[C@H]2C(=O)N(c3c(Cl)cccc3Cl)C(=O)[C@H]2ON1c1ccccc1. The monoisotopic (exact) mass is 404 g/mol. The summed E-state index contributed by atoms with van der Waals surface area (Å²) >= 11 is 12.5. The van der Waals surface area contributed by atoms with Crippen LogP contribution in [0.1, 0.15) is 19.8 Å². The fourth-order valence-electron chi connectivity index (χ4n) is 3.83. The first-order valence-corrected chi connectivity index (χ1v) is 9.63. The summed E-state index contributed by atoms with van der Waals surface area (Å²) < 4.78 is 0. The molecular formula is C20H18Cl2N2O3. The molecule has 5 nitrogen and oxygen atoms in total. The lowest BCUT2D eigenvalue weighted by Gasteiger charge is -2.28. The van der Waals surface area contributed by atoms with Crippen molar-refractivity contribution in [2.24, 2.45) is 5.92 Å². The van der Waals surface area contributed by atoms with Crippen LogP contribution in [0.5, 0.6) is 0 Å². The van der Waals surface area contributed by atoms with Crippen molar-refractivity contribution in [2.75, 3.05) is 9.96 Å². The molecule has 0 spiro atoms. The number of carbonyl (C=O) groups is 2. The van der Waals surface area contributed by atoms with E-state index in [2.05, 4.69) is 0 Å². The molecule has 2 aromatic carbocycles. The fraction of sp³-hybridized carbons (Fsp3) is 0.300. The maximum atomic E-state index is 13.2. The number of hydrogen-bond donors (Lipinski definition) is 0. The Balaban J connectivity index is 1.72. The van der Waals surface area contributed by atoms with Crippen LogP contribution in [0.3, 0.4) is 0 Å². The lowest BCUT2D eigenvalue weighted by molar-refractivity contribution is -0.126. The highest BCUT2D eigenvalue weighted by Gasteiger charge is 2.59. The molecule has 2 aliphatic heterocycles. The highest BCUT2D eigenvalue weighted by Crippen LogP contribution is 2.44. The van der Waals surface area contributed by atoms with Gasteiger partial charge in [0.25, 0.3) is 5.91 Å². The highest BCUT2D eigenvalue weighted by atomic mass is 35.5. The van der Waals surface area contributed by atoms with Crippen LogP contribution < -0.4 is 9.96 Å². The van der Waals surface area contributed by atoms with Crippen molar-refractivity contribution < 1.29 is 14.4 Å². The molecule has 0 bridgehead atoms. The van der Waals surface area contributed by atoms with Gasteiger partial charge in [-0.15, -0.1) is 0 Å². The Labute approximate surface area is 167 Å². The Morgan fingerprint density at radius 1 is 0.963 bits per heavy atom. The van der Waals surface area contributed by atoms with Crippen molar-refractivity contribution in [3.8, 4) is 0 Å². The number of hydroxylamine groups is 1. The summed E-state index contributed by atoms with van der Waals surface area (Å²) in [5, 5.41) is 2.23. The van der Waals surface area contributed by atoms with Crippen LogP contribution >= 0.6 is 23.2 Å². The second-order valence-corrected chi connectivity index (χ2v) is 7.47. The fourth-order valence-corrected chi connectivity index (χ4v) is 4.40. The topological polar surface area (TPSA) is 49.9 Å².